The fourth-order valence-corrected chi connectivity index (χ4v) is 2.83. The maximum atomic E-state index is 5.96. The van der Waals surface area contributed by atoms with Crippen LogP contribution >= 0.6 is 0 Å². The van der Waals surface area contributed by atoms with E-state index in [2.05, 4.69) is 28.7 Å². The first-order chi connectivity index (χ1) is 9.24. The molecule has 2 rings (SSSR count). The Morgan fingerprint density at radius 3 is 2.42 bits per heavy atom. The molecule has 0 aliphatic heterocycles. The van der Waals surface area contributed by atoms with Crippen LogP contribution in [-0.2, 0) is 6.42 Å². The van der Waals surface area contributed by atoms with Gasteiger partial charge in [-0.3, -0.25) is 0 Å². The van der Waals surface area contributed by atoms with Crippen molar-refractivity contribution in [1.82, 2.24) is 9.97 Å². The van der Waals surface area contributed by atoms with E-state index in [9.17, 15) is 0 Å². The minimum atomic E-state index is 0.214. The van der Waals surface area contributed by atoms with Crippen molar-refractivity contribution in [3.05, 3.63) is 18.0 Å². The van der Waals surface area contributed by atoms with Crippen molar-refractivity contribution < 1.29 is 0 Å². The molecular weight excluding hydrogens is 236 g/mol. The summed E-state index contributed by atoms with van der Waals surface area (Å²) in [7, 11) is 0. The van der Waals surface area contributed by atoms with Crippen LogP contribution < -0.4 is 10.6 Å². The molecule has 0 amide bonds. The fraction of sp³-hybridized carbons (Fsp3) is 0.733. The molecule has 1 aromatic rings. The third kappa shape index (κ3) is 3.66. The first-order valence-electron chi connectivity index (χ1n) is 7.57. The zero-order valence-electron chi connectivity index (χ0n) is 12.2. The van der Waals surface area contributed by atoms with Gasteiger partial charge in [-0.2, -0.15) is 0 Å². The normalized spacial score (nSPS) is 17.6. The Kier molecular flexibility index (Phi) is 5.14. The molecule has 1 fully saturated rings. The molecule has 1 aliphatic rings. The molecule has 106 valence electrons. The zero-order valence-corrected chi connectivity index (χ0v) is 12.2. The van der Waals surface area contributed by atoms with Crippen LogP contribution in [0.1, 0.15) is 51.5 Å². The lowest BCUT2D eigenvalue weighted by Crippen LogP contribution is -2.34. The molecule has 0 radical (unpaired) electrons. The summed E-state index contributed by atoms with van der Waals surface area (Å²) in [4.78, 5) is 11.4. The van der Waals surface area contributed by atoms with Crippen LogP contribution in [0.3, 0.4) is 0 Å². The Hall–Kier alpha value is -1.16. The molecule has 1 heterocycles. The third-order valence-corrected chi connectivity index (χ3v) is 4.08. The molecule has 1 atom stereocenters. The lowest BCUT2D eigenvalue weighted by atomic mass is 10.1. The topological polar surface area (TPSA) is 55.0 Å². The van der Waals surface area contributed by atoms with Crippen molar-refractivity contribution in [3.8, 4) is 0 Å². The number of nitrogens with two attached hydrogens (primary N) is 1. The van der Waals surface area contributed by atoms with Crippen molar-refractivity contribution in [2.24, 2.45) is 5.73 Å². The summed E-state index contributed by atoms with van der Waals surface area (Å²) in [5, 5.41) is 0. The highest BCUT2D eigenvalue weighted by Gasteiger charge is 2.23. The second kappa shape index (κ2) is 6.85. The van der Waals surface area contributed by atoms with E-state index in [1.165, 1.54) is 25.7 Å². The maximum Gasteiger partial charge on any atom is 0.225 e. The van der Waals surface area contributed by atoms with Crippen molar-refractivity contribution >= 4 is 5.95 Å². The summed E-state index contributed by atoms with van der Waals surface area (Å²) >= 11 is 0. The molecule has 1 unspecified atom stereocenters. The van der Waals surface area contributed by atoms with Crippen LogP contribution in [0, 0.1) is 0 Å². The summed E-state index contributed by atoms with van der Waals surface area (Å²) in [6.45, 7) is 5.28. The Labute approximate surface area is 116 Å². The van der Waals surface area contributed by atoms with E-state index in [4.69, 9.17) is 5.73 Å². The second-order valence-corrected chi connectivity index (χ2v) is 5.49. The average molecular weight is 262 g/mol. The average Bonchev–Trinajstić information content (AvgIpc) is 2.95. The van der Waals surface area contributed by atoms with Gasteiger partial charge in [-0.1, -0.05) is 19.8 Å². The zero-order chi connectivity index (χ0) is 13.7. The second-order valence-electron chi connectivity index (χ2n) is 5.49. The highest BCUT2D eigenvalue weighted by Crippen LogP contribution is 2.25. The van der Waals surface area contributed by atoms with Gasteiger partial charge in [0.05, 0.1) is 0 Å². The van der Waals surface area contributed by atoms with E-state index in [0.717, 1.165) is 30.9 Å². The van der Waals surface area contributed by atoms with Gasteiger partial charge in [-0.05, 0) is 38.2 Å². The summed E-state index contributed by atoms with van der Waals surface area (Å²) in [5.74, 6) is 0.878. The van der Waals surface area contributed by atoms with Gasteiger partial charge in [0, 0.05) is 31.0 Å². The van der Waals surface area contributed by atoms with Crippen LogP contribution in [0.2, 0.25) is 0 Å². The standard InChI is InChI=1S/C15H26N4/c1-3-13(16)9-12-10-17-15(18-11-12)19(4-2)14-7-5-6-8-14/h10-11,13-14H,3-9,16H2,1-2H3. The molecule has 4 heteroatoms. The molecule has 19 heavy (non-hydrogen) atoms. The minimum Gasteiger partial charge on any atom is -0.338 e. The van der Waals surface area contributed by atoms with Crippen molar-refractivity contribution in [3.63, 3.8) is 0 Å². The maximum absolute atomic E-state index is 5.96. The van der Waals surface area contributed by atoms with E-state index in [0.29, 0.717) is 6.04 Å². The predicted molar refractivity (Wildman–Crippen MR) is 79.3 cm³/mol. The van der Waals surface area contributed by atoms with Gasteiger partial charge in [-0.25, -0.2) is 9.97 Å². The molecule has 2 N–H and O–H groups in total. The van der Waals surface area contributed by atoms with Crippen LogP contribution in [0.5, 0.6) is 0 Å². The summed E-state index contributed by atoms with van der Waals surface area (Å²) in [6.07, 6.45) is 11.0. The number of aromatic nitrogens is 2. The minimum absolute atomic E-state index is 0.214. The summed E-state index contributed by atoms with van der Waals surface area (Å²) < 4.78 is 0. The van der Waals surface area contributed by atoms with E-state index in [-0.39, 0.29) is 6.04 Å². The summed E-state index contributed by atoms with van der Waals surface area (Å²) in [6, 6.07) is 0.848. The van der Waals surface area contributed by atoms with Gasteiger partial charge in [0.1, 0.15) is 0 Å². The van der Waals surface area contributed by atoms with E-state index in [1.54, 1.807) is 0 Å². The molecule has 4 nitrogen and oxygen atoms in total. The van der Waals surface area contributed by atoms with Crippen LogP contribution in [0.25, 0.3) is 0 Å². The highest BCUT2D eigenvalue weighted by atomic mass is 15.3. The largest absolute Gasteiger partial charge is 0.338 e. The van der Waals surface area contributed by atoms with Crippen LogP contribution in [-0.4, -0.2) is 28.6 Å². The number of rotatable bonds is 6. The molecule has 0 bridgehead atoms. The Bertz CT molecular complexity index is 370. The first kappa shape index (κ1) is 14.3. The Morgan fingerprint density at radius 2 is 1.89 bits per heavy atom. The van der Waals surface area contributed by atoms with Crippen LogP contribution in [0.15, 0.2) is 12.4 Å². The van der Waals surface area contributed by atoms with Gasteiger partial charge in [-0.15, -0.1) is 0 Å². The third-order valence-electron chi connectivity index (χ3n) is 4.08. The molecule has 1 aliphatic carbocycles. The fourth-order valence-electron chi connectivity index (χ4n) is 2.83. The van der Waals surface area contributed by atoms with E-state index < -0.39 is 0 Å². The van der Waals surface area contributed by atoms with E-state index >= 15 is 0 Å². The summed E-state index contributed by atoms with van der Waals surface area (Å²) in [5.41, 5.74) is 7.10. The number of hydrogen-bond acceptors (Lipinski definition) is 4. The van der Waals surface area contributed by atoms with Gasteiger partial charge >= 0.3 is 0 Å². The lowest BCUT2D eigenvalue weighted by Gasteiger charge is -2.27. The lowest BCUT2D eigenvalue weighted by molar-refractivity contribution is 0.602. The molecule has 0 aromatic carbocycles. The van der Waals surface area contributed by atoms with Crippen LogP contribution in [0.4, 0.5) is 5.95 Å². The Balaban J connectivity index is 2.03. The number of anilines is 1. The highest BCUT2D eigenvalue weighted by molar-refractivity contribution is 5.32. The van der Waals surface area contributed by atoms with Gasteiger partial charge in [0.25, 0.3) is 0 Å². The van der Waals surface area contributed by atoms with E-state index in [1.807, 2.05) is 12.4 Å². The van der Waals surface area contributed by atoms with Crippen molar-refractivity contribution in [2.45, 2.75) is 64.5 Å². The molecule has 1 saturated carbocycles. The predicted octanol–water partition coefficient (Wildman–Crippen LogP) is 2.53. The SMILES string of the molecule is CCC(N)Cc1cnc(N(CC)C2CCCC2)nc1. The Morgan fingerprint density at radius 1 is 1.26 bits per heavy atom. The van der Waals surface area contributed by atoms with Crippen molar-refractivity contribution in [2.75, 3.05) is 11.4 Å². The number of hydrogen-bond donors (Lipinski definition) is 1. The van der Waals surface area contributed by atoms with Gasteiger partial charge < -0.3 is 10.6 Å². The van der Waals surface area contributed by atoms with Crippen molar-refractivity contribution in [1.29, 1.82) is 0 Å². The molecule has 0 saturated heterocycles. The quantitative estimate of drug-likeness (QED) is 0.856. The monoisotopic (exact) mass is 262 g/mol. The molecular formula is C15H26N4. The number of nitrogens with zero attached hydrogens (tertiary/aromatic N) is 3. The molecule has 1 aromatic heterocycles. The smallest absolute Gasteiger partial charge is 0.225 e. The molecule has 0 spiro atoms. The van der Waals surface area contributed by atoms with Gasteiger partial charge in [0.2, 0.25) is 5.95 Å². The first-order valence-corrected chi connectivity index (χ1v) is 7.57. The van der Waals surface area contributed by atoms with Gasteiger partial charge in [0.15, 0.2) is 0 Å².